The zero-order valence-corrected chi connectivity index (χ0v) is 12.7. The van der Waals surface area contributed by atoms with Crippen LogP contribution in [0, 0.1) is 21.4 Å². The highest BCUT2D eigenvalue weighted by Crippen LogP contribution is 2.40. The van der Waals surface area contributed by atoms with E-state index < -0.39 is 4.92 Å². The molecule has 1 aromatic carbocycles. The molecule has 0 bridgehead atoms. The number of pyridine rings is 2. The van der Waals surface area contributed by atoms with Crippen LogP contribution in [0.2, 0.25) is 0 Å². The van der Waals surface area contributed by atoms with Crippen LogP contribution in [0.1, 0.15) is 5.56 Å². The Hall–Kier alpha value is -3.99. The molecule has 0 fully saturated rings. The quantitative estimate of drug-likeness (QED) is 0.514. The molecule has 3 rings (SSSR count). The van der Waals surface area contributed by atoms with E-state index in [0.717, 1.165) is 0 Å². The minimum Gasteiger partial charge on any atom is -0.454 e. The molecule has 2 aromatic heterocycles. The summed E-state index contributed by atoms with van der Waals surface area (Å²) in [4.78, 5) is 18.5. The van der Waals surface area contributed by atoms with E-state index in [0.29, 0.717) is 5.75 Å². The van der Waals surface area contributed by atoms with Crippen molar-refractivity contribution in [3.63, 3.8) is 0 Å². The van der Waals surface area contributed by atoms with Gasteiger partial charge in [-0.1, -0.05) is 0 Å². The molecule has 0 spiro atoms. The number of nitro groups is 1. The van der Waals surface area contributed by atoms with Gasteiger partial charge in [-0.3, -0.25) is 20.1 Å². The van der Waals surface area contributed by atoms with Crippen LogP contribution in [0.25, 0.3) is 0 Å². The molecule has 2 heterocycles. The normalized spacial score (nSPS) is 9.88. The van der Waals surface area contributed by atoms with Gasteiger partial charge in [0.25, 0.3) is 0 Å². The first-order valence-corrected chi connectivity index (χ1v) is 7.06. The second kappa shape index (κ2) is 7.06. The Morgan fingerprint density at radius 1 is 1.00 bits per heavy atom. The van der Waals surface area contributed by atoms with Gasteiger partial charge in [-0.15, -0.1) is 0 Å². The molecule has 0 aliphatic carbocycles. The summed E-state index contributed by atoms with van der Waals surface area (Å²) in [6, 6.07) is 11.0. The van der Waals surface area contributed by atoms with Gasteiger partial charge in [0.05, 0.1) is 17.3 Å². The highest BCUT2D eigenvalue weighted by molar-refractivity contribution is 5.64. The fraction of sp³-hybridized carbons (Fsp3) is 0. The van der Waals surface area contributed by atoms with E-state index in [4.69, 9.17) is 9.47 Å². The van der Waals surface area contributed by atoms with E-state index in [2.05, 4.69) is 9.97 Å². The predicted molar refractivity (Wildman–Crippen MR) is 86.4 cm³/mol. The third-order valence-electron chi connectivity index (χ3n) is 3.12. The molecule has 0 amide bonds. The SMILES string of the molecule is N#Cc1c(Oc2cccnc2)ccc([N+](=O)[O-])c1Oc1cccnc1. The molecule has 0 N–H and O–H groups in total. The van der Waals surface area contributed by atoms with Gasteiger partial charge < -0.3 is 9.47 Å². The summed E-state index contributed by atoms with van der Waals surface area (Å²) in [7, 11) is 0. The number of aromatic nitrogens is 2. The van der Waals surface area contributed by atoms with Gasteiger partial charge in [-0.05, 0) is 30.3 Å². The monoisotopic (exact) mass is 334 g/mol. The first-order valence-electron chi connectivity index (χ1n) is 7.06. The molecular weight excluding hydrogens is 324 g/mol. The van der Waals surface area contributed by atoms with Gasteiger partial charge in [0.15, 0.2) is 0 Å². The van der Waals surface area contributed by atoms with Crippen LogP contribution < -0.4 is 9.47 Å². The zero-order chi connectivity index (χ0) is 17.6. The maximum atomic E-state index is 11.3. The lowest BCUT2D eigenvalue weighted by molar-refractivity contribution is -0.385. The molecular formula is C17H10N4O4. The molecule has 8 heteroatoms. The fourth-order valence-corrected chi connectivity index (χ4v) is 2.05. The van der Waals surface area contributed by atoms with Crippen LogP contribution in [0.3, 0.4) is 0 Å². The zero-order valence-electron chi connectivity index (χ0n) is 12.7. The van der Waals surface area contributed by atoms with Gasteiger partial charge in [0.1, 0.15) is 28.9 Å². The molecule has 0 aliphatic rings. The Kier molecular flexibility index (Phi) is 4.49. The summed E-state index contributed by atoms with van der Waals surface area (Å²) in [5, 5.41) is 20.8. The summed E-state index contributed by atoms with van der Waals surface area (Å²) in [6.07, 6.45) is 5.96. The number of benzene rings is 1. The number of nitrogens with zero attached hydrogens (tertiary/aromatic N) is 4. The first kappa shape index (κ1) is 15.9. The average Bonchev–Trinajstić information content (AvgIpc) is 2.63. The summed E-state index contributed by atoms with van der Waals surface area (Å²) in [5.41, 5.74) is -0.444. The van der Waals surface area contributed by atoms with Gasteiger partial charge in [-0.25, -0.2) is 0 Å². The second-order valence-corrected chi connectivity index (χ2v) is 4.74. The van der Waals surface area contributed by atoms with Crippen molar-refractivity contribution in [3.8, 4) is 29.1 Å². The van der Waals surface area contributed by atoms with Gasteiger partial charge >= 0.3 is 5.69 Å². The Morgan fingerprint density at radius 2 is 1.64 bits per heavy atom. The summed E-state index contributed by atoms with van der Waals surface area (Å²) in [6.45, 7) is 0. The second-order valence-electron chi connectivity index (χ2n) is 4.74. The van der Waals surface area contributed by atoms with Crippen molar-refractivity contribution < 1.29 is 14.4 Å². The summed E-state index contributed by atoms with van der Waals surface area (Å²) < 4.78 is 11.2. The van der Waals surface area contributed by atoms with Crippen LogP contribution in [0.15, 0.2) is 61.2 Å². The van der Waals surface area contributed by atoms with Crippen LogP contribution >= 0.6 is 0 Å². The molecule has 0 radical (unpaired) electrons. The molecule has 122 valence electrons. The minimum atomic E-state index is -0.625. The number of rotatable bonds is 5. The Balaban J connectivity index is 2.08. The van der Waals surface area contributed by atoms with Crippen LogP contribution in [-0.4, -0.2) is 14.9 Å². The number of ether oxygens (including phenoxy) is 2. The van der Waals surface area contributed by atoms with E-state index in [1.807, 2.05) is 6.07 Å². The van der Waals surface area contributed by atoms with Gasteiger partial charge in [-0.2, -0.15) is 5.26 Å². The van der Waals surface area contributed by atoms with Crippen molar-refractivity contribution in [2.75, 3.05) is 0 Å². The smallest absolute Gasteiger partial charge is 0.313 e. The Labute approximate surface area is 142 Å². The fourth-order valence-electron chi connectivity index (χ4n) is 2.05. The van der Waals surface area contributed by atoms with Crippen molar-refractivity contribution >= 4 is 5.69 Å². The lowest BCUT2D eigenvalue weighted by atomic mass is 10.1. The van der Waals surface area contributed by atoms with E-state index in [9.17, 15) is 15.4 Å². The molecule has 0 saturated heterocycles. The lowest BCUT2D eigenvalue weighted by Gasteiger charge is -2.12. The average molecular weight is 334 g/mol. The Morgan fingerprint density at radius 3 is 2.16 bits per heavy atom. The number of nitro benzene ring substituents is 1. The highest BCUT2D eigenvalue weighted by Gasteiger charge is 2.24. The van der Waals surface area contributed by atoms with E-state index in [-0.39, 0.29) is 28.5 Å². The van der Waals surface area contributed by atoms with Crippen LogP contribution in [-0.2, 0) is 0 Å². The third kappa shape index (κ3) is 3.51. The maximum Gasteiger partial charge on any atom is 0.313 e. The van der Waals surface area contributed by atoms with Crippen molar-refractivity contribution in [1.82, 2.24) is 9.97 Å². The van der Waals surface area contributed by atoms with Crippen LogP contribution in [0.5, 0.6) is 23.0 Å². The maximum absolute atomic E-state index is 11.3. The molecule has 0 aliphatic heterocycles. The topological polar surface area (TPSA) is 111 Å². The minimum absolute atomic E-state index is 0.0955. The Bertz CT molecular complexity index is 940. The van der Waals surface area contributed by atoms with Crippen molar-refractivity contribution in [2.24, 2.45) is 0 Å². The van der Waals surface area contributed by atoms with E-state index >= 15 is 0 Å². The van der Waals surface area contributed by atoms with Crippen molar-refractivity contribution in [2.45, 2.75) is 0 Å². The number of nitriles is 1. The molecule has 3 aromatic rings. The van der Waals surface area contributed by atoms with Crippen molar-refractivity contribution in [3.05, 3.63) is 76.9 Å². The lowest BCUT2D eigenvalue weighted by Crippen LogP contribution is -1.99. The molecule has 0 unspecified atom stereocenters. The first-order chi connectivity index (χ1) is 12.2. The highest BCUT2D eigenvalue weighted by atomic mass is 16.6. The third-order valence-corrected chi connectivity index (χ3v) is 3.12. The molecule has 8 nitrogen and oxygen atoms in total. The van der Waals surface area contributed by atoms with Crippen molar-refractivity contribution in [1.29, 1.82) is 5.26 Å². The summed E-state index contributed by atoms with van der Waals surface area (Å²) >= 11 is 0. The van der Waals surface area contributed by atoms with E-state index in [1.165, 1.54) is 30.7 Å². The summed E-state index contributed by atoms with van der Waals surface area (Å²) in [5.74, 6) is 0.572. The van der Waals surface area contributed by atoms with Gasteiger partial charge in [0.2, 0.25) is 5.75 Å². The molecule has 0 atom stereocenters. The van der Waals surface area contributed by atoms with Gasteiger partial charge in [0, 0.05) is 18.5 Å². The molecule has 0 saturated carbocycles. The number of hydrogen-bond donors (Lipinski definition) is 0. The predicted octanol–water partition coefficient (Wildman–Crippen LogP) is 3.84. The number of hydrogen-bond acceptors (Lipinski definition) is 7. The largest absolute Gasteiger partial charge is 0.454 e. The standard InChI is InChI=1S/C17H10N4O4/c18-9-14-16(24-12-3-1-7-19-10-12)6-5-15(21(22)23)17(14)25-13-4-2-8-20-11-13/h1-8,10-11H. The van der Waals surface area contributed by atoms with E-state index in [1.54, 1.807) is 30.5 Å². The van der Waals surface area contributed by atoms with Crippen LogP contribution in [0.4, 0.5) is 5.69 Å². The molecule has 25 heavy (non-hydrogen) atoms.